The molecule has 0 amide bonds. The van der Waals surface area contributed by atoms with Crippen LogP contribution in [0.15, 0.2) is 22.7 Å². The molecule has 6 heteroatoms. The molecule has 0 spiro atoms. The third-order valence-corrected chi connectivity index (χ3v) is 3.77. The van der Waals surface area contributed by atoms with E-state index in [1.165, 1.54) is 12.1 Å². The molecule has 0 bridgehead atoms. The lowest BCUT2D eigenvalue weighted by Crippen LogP contribution is -2.12. The molecule has 1 aromatic carbocycles. The van der Waals surface area contributed by atoms with Crippen molar-refractivity contribution in [2.24, 2.45) is 0 Å². The molecule has 88 valence electrons. The Kier molecular flexibility index (Phi) is 5.08. The van der Waals surface area contributed by atoms with Gasteiger partial charge in [0.05, 0.1) is 4.92 Å². The van der Waals surface area contributed by atoms with Crippen LogP contribution in [0.2, 0.25) is 0 Å². The number of nitrogens with zero attached hydrogens (tertiary/aromatic N) is 1. The summed E-state index contributed by atoms with van der Waals surface area (Å²) in [5, 5.41) is 14.3. The average molecular weight is 305 g/mol. The third-order valence-electron chi connectivity index (χ3n) is 2.15. The van der Waals surface area contributed by atoms with Crippen LogP contribution in [0.5, 0.6) is 0 Å². The van der Waals surface area contributed by atoms with Crippen molar-refractivity contribution in [3.8, 4) is 0 Å². The summed E-state index contributed by atoms with van der Waals surface area (Å²) < 4.78 is 0.718. The second-order valence-electron chi connectivity index (χ2n) is 3.35. The molecule has 0 heterocycles. The van der Waals surface area contributed by atoms with E-state index in [4.69, 9.17) is 0 Å². The first kappa shape index (κ1) is 13.3. The SMILES string of the molecule is CSC(C)CNc1ccc([N+](=O)[O-])cc1Br. The van der Waals surface area contributed by atoms with E-state index in [-0.39, 0.29) is 5.69 Å². The molecule has 1 rings (SSSR count). The first-order chi connectivity index (χ1) is 7.54. The summed E-state index contributed by atoms with van der Waals surface area (Å²) >= 11 is 5.09. The first-order valence-corrected chi connectivity index (χ1v) is 6.83. The molecular weight excluding hydrogens is 292 g/mol. The zero-order valence-electron chi connectivity index (χ0n) is 9.07. The number of hydrogen-bond donors (Lipinski definition) is 1. The van der Waals surface area contributed by atoms with Crippen molar-refractivity contribution in [2.45, 2.75) is 12.2 Å². The lowest BCUT2D eigenvalue weighted by atomic mass is 10.3. The molecule has 16 heavy (non-hydrogen) atoms. The second-order valence-corrected chi connectivity index (χ2v) is 5.48. The summed E-state index contributed by atoms with van der Waals surface area (Å²) in [7, 11) is 0. The molecule has 4 nitrogen and oxygen atoms in total. The van der Waals surface area contributed by atoms with Crippen LogP contribution >= 0.6 is 27.7 Å². The number of thioether (sulfide) groups is 1. The number of non-ortho nitro benzene ring substituents is 1. The van der Waals surface area contributed by atoms with E-state index in [0.29, 0.717) is 5.25 Å². The zero-order valence-corrected chi connectivity index (χ0v) is 11.5. The van der Waals surface area contributed by atoms with Gasteiger partial charge in [-0.2, -0.15) is 11.8 Å². The van der Waals surface area contributed by atoms with Gasteiger partial charge in [-0.15, -0.1) is 0 Å². The predicted octanol–water partition coefficient (Wildman–Crippen LogP) is 3.52. The second kappa shape index (κ2) is 6.10. The normalized spacial score (nSPS) is 12.2. The fourth-order valence-corrected chi connectivity index (χ4v) is 1.85. The largest absolute Gasteiger partial charge is 0.383 e. The number of anilines is 1. The van der Waals surface area contributed by atoms with Crippen molar-refractivity contribution < 1.29 is 4.92 Å². The van der Waals surface area contributed by atoms with Gasteiger partial charge in [0.2, 0.25) is 0 Å². The Hall–Kier alpha value is -0.750. The minimum Gasteiger partial charge on any atom is -0.383 e. The molecule has 0 saturated carbocycles. The van der Waals surface area contributed by atoms with Gasteiger partial charge >= 0.3 is 0 Å². The number of rotatable bonds is 5. The highest BCUT2D eigenvalue weighted by atomic mass is 79.9. The Balaban J connectivity index is 2.72. The van der Waals surface area contributed by atoms with Crippen molar-refractivity contribution in [2.75, 3.05) is 18.1 Å². The molecule has 0 aliphatic rings. The first-order valence-electron chi connectivity index (χ1n) is 4.75. The van der Waals surface area contributed by atoms with Gasteiger partial charge in [0.15, 0.2) is 0 Å². The van der Waals surface area contributed by atoms with Crippen LogP contribution in [0.3, 0.4) is 0 Å². The van der Waals surface area contributed by atoms with E-state index in [0.717, 1.165) is 16.7 Å². The fraction of sp³-hybridized carbons (Fsp3) is 0.400. The molecule has 1 atom stereocenters. The van der Waals surface area contributed by atoms with Gasteiger partial charge in [-0.3, -0.25) is 10.1 Å². The van der Waals surface area contributed by atoms with E-state index in [1.807, 2.05) is 0 Å². The highest BCUT2D eigenvalue weighted by Crippen LogP contribution is 2.27. The van der Waals surface area contributed by atoms with Crippen LogP contribution in [0.4, 0.5) is 11.4 Å². The summed E-state index contributed by atoms with van der Waals surface area (Å²) in [5.41, 5.74) is 0.974. The molecular formula is C10H13BrN2O2S. The molecule has 1 unspecified atom stereocenters. The van der Waals surface area contributed by atoms with E-state index in [2.05, 4.69) is 34.4 Å². The van der Waals surface area contributed by atoms with E-state index in [1.54, 1.807) is 17.8 Å². The molecule has 0 radical (unpaired) electrons. The summed E-state index contributed by atoms with van der Waals surface area (Å²) in [6.07, 6.45) is 2.05. The van der Waals surface area contributed by atoms with Gasteiger partial charge in [-0.25, -0.2) is 0 Å². The lowest BCUT2D eigenvalue weighted by Gasteiger charge is -2.12. The van der Waals surface area contributed by atoms with Crippen molar-refractivity contribution in [1.29, 1.82) is 0 Å². The smallest absolute Gasteiger partial charge is 0.270 e. The Morgan fingerprint density at radius 2 is 2.31 bits per heavy atom. The molecule has 1 aromatic rings. The summed E-state index contributed by atoms with van der Waals surface area (Å²) in [5.74, 6) is 0. The van der Waals surface area contributed by atoms with Gasteiger partial charge < -0.3 is 5.32 Å². The Bertz CT molecular complexity index is 387. The summed E-state index contributed by atoms with van der Waals surface area (Å²) in [6.45, 7) is 2.95. The van der Waals surface area contributed by atoms with Crippen LogP contribution in [0.25, 0.3) is 0 Å². The summed E-state index contributed by atoms with van der Waals surface area (Å²) in [4.78, 5) is 10.1. The number of nitrogens with one attached hydrogen (secondary N) is 1. The van der Waals surface area contributed by atoms with Gasteiger partial charge in [-0.05, 0) is 28.3 Å². The van der Waals surface area contributed by atoms with Crippen molar-refractivity contribution in [3.05, 3.63) is 32.8 Å². The zero-order chi connectivity index (χ0) is 12.1. The quantitative estimate of drug-likeness (QED) is 0.668. The predicted molar refractivity (Wildman–Crippen MR) is 72.3 cm³/mol. The van der Waals surface area contributed by atoms with Crippen LogP contribution < -0.4 is 5.32 Å². The van der Waals surface area contributed by atoms with Gasteiger partial charge in [0, 0.05) is 34.1 Å². The maximum absolute atomic E-state index is 10.5. The topological polar surface area (TPSA) is 55.2 Å². The molecule has 0 aliphatic heterocycles. The van der Waals surface area contributed by atoms with Gasteiger partial charge in [0.1, 0.15) is 0 Å². The third kappa shape index (κ3) is 3.68. The number of halogens is 1. The van der Waals surface area contributed by atoms with Crippen LogP contribution in [-0.4, -0.2) is 23.0 Å². The number of hydrogen-bond acceptors (Lipinski definition) is 4. The minimum absolute atomic E-state index is 0.0929. The number of benzene rings is 1. The van der Waals surface area contributed by atoms with Crippen LogP contribution in [0.1, 0.15) is 6.92 Å². The highest BCUT2D eigenvalue weighted by molar-refractivity contribution is 9.10. The monoisotopic (exact) mass is 304 g/mol. The van der Waals surface area contributed by atoms with Crippen molar-refractivity contribution in [1.82, 2.24) is 0 Å². The number of nitro groups is 1. The highest BCUT2D eigenvalue weighted by Gasteiger charge is 2.09. The number of nitro benzene ring substituents is 1. The molecule has 0 fully saturated rings. The molecule has 1 N–H and O–H groups in total. The Morgan fingerprint density at radius 3 is 2.81 bits per heavy atom. The Labute approximate surface area is 107 Å². The average Bonchev–Trinajstić information content (AvgIpc) is 2.26. The Morgan fingerprint density at radius 1 is 1.62 bits per heavy atom. The maximum Gasteiger partial charge on any atom is 0.270 e. The van der Waals surface area contributed by atoms with Crippen LogP contribution in [0, 0.1) is 10.1 Å². The minimum atomic E-state index is -0.404. The standard InChI is InChI=1S/C10H13BrN2O2S/c1-7(16-2)6-12-10-4-3-8(13(14)15)5-9(10)11/h3-5,7,12H,6H2,1-2H3. The van der Waals surface area contributed by atoms with Crippen LogP contribution in [-0.2, 0) is 0 Å². The van der Waals surface area contributed by atoms with E-state index in [9.17, 15) is 10.1 Å². The van der Waals surface area contributed by atoms with Crippen molar-refractivity contribution >= 4 is 39.1 Å². The molecule has 0 saturated heterocycles. The van der Waals surface area contributed by atoms with E-state index >= 15 is 0 Å². The van der Waals surface area contributed by atoms with E-state index < -0.39 is 4.92 Å². The maximum atomic E-state index is 10.5. The summed E-state index contributed by atoms with van der Waals surface area (Å²) in [6, 6.07) is 4.72. The molecule has 0 aromatic heterocycles. The lowest BCUT2D eigenvalue weighted by molar-refractivity contribution is -0.384. The van der Waals surface area contributed by atoms with Gasteiger partial charge in [0.25, 0.3) is 5.69 Å². The molecule has 0 aliphatic carbocycles. The van der Waals surface area contributed by atoms with Gasteiger partial charge in [-0.1, -0.05) is 6.92 Å². The fourth-order valence-electron chi connectivity index (χ4n) is 1.10. The van der Waals surface area contributed by atoms with Crippen molar-refractivity contribution in [3.63, 3.8) is 0 Å².